The molecule has 14 heavy (non-hydrogen) atoms. The molecule has 78 valence electrons. The number of anilines is 1. The summed E-state index contributed by atoms with van der Waals surface area (Å²) in [4.78, 5) is 0. The molecule has 0 heterocycles. The molecule has 0 spiro atoms. The Bertz CT molecular complexity index is 318. The van der Waals surface area contributed by atoms with Gasteiger partial charge in [0.15, 0.2) is 0 Å². The van der Waals surface area contributed by atoms with E-state index in [0.717, 1.165) is 24.1 Å². The molecular formula is C12H20N2. The summed E-state index contributed by atoms with van der Waals surface area (Å²) in [6.45, 7) is 6.25. The topological polar surface area (TPSA) is 52.0 Å². The van der Waals surface area contributed by atoms with E-state index in [0.29, 0.717) is 0 Å². The van der Waals surface area contributed by atoms with Crippen LogP contribution in [0.1, 0.15) is 42.5 Å². The third-order valence-corrected chi connectivity index (χ3v) is 2.65. The average Bonchev–Trinajstić information content (AvgIpc) is 2.11. The number of nitrogen functional groups attached to an aromatic ring is 1. The molecule has 1 atom stereocenters. The first-order chi connectivity index (χ1) is 6.56. The number of nitrogens with two attached hydrogens (primary N) is 2. The Morgan fingerprint density at radius 2 is 1.86 bits per heavy atom. The lowest BCUT2D eigenvalue weighted by molar-refractivity contribution is 0.635. The largest absolute Gasteiger partial charge is 0.399 e. The molecule has 0 fully saturated rings. The van der Waals surface area contributed by atoms with Gasteiger partial charge < -0.3 is 11.5 Å². The Balaban J connectivity index is 3.02. The molecule has 1 rings (SSSR count). The van der Waals surface area contributed by atoms with Gasteiger partial charge in [0.1, 0.15) is 0 Å². The van der Waals surface area contributed by atoms with Crippen molar-refractivity contribution >= 4 is 5.69 Å². The Hall–Kier alpha value is -1.02. The van der Waals surface area contributed by atoms with E-state index in [1.54, 1.807) is 0 Å². The van der Waals surface area contributed by atoms with Crippen molar-refractivity contribution in [3.63, 3.8) is 0 Å². The van der Waals surface area contributed by atoms with Gasteiger partial charge >= 0.3 is 0 Å². The van der Waals surface area contributed by atoms with Crippen LogP contribution in [0.25, 0.3) is 0 Å². The molecule has 2 heteroatoms. The maximum atomic E-state index is 6.08. The smallest absolute Gasteiger partial charge is 0.0346 e. The minimum atomic E-state index is 0.152. The minimum absolute atomic E-state index is 0.152. The first-order valence-electron chi connectivity index (χ1n) is 5.18. The van der Waals surface area contributed by atoms with Crippen LogP contribution in [0.3, 0.4) is 0 Å². The summed E-state index contributed by atoms with van der Waals surface area (Å²) in [6, 6.07) is 4.28. The fraction of sp³-hybridized carbons (Fsp3) is 0.500. The van der Waals surface area contributed by atoms with Crippen molar-refractivity contribution in [1.29, 1.82) is 0 Å². The van der Waals surface area contributed by atoms with Crippen molar-refractivity contribution in [3.05, 3.63) is 28.8 Å². The highest BCUT2D eigenvalue weighted by molar-refractivity contribution is 5.51. The number of hydrogen-bond donors (Lipinski definition) is 2. The highest BCUT2D eigenvalue weighted by atomic mass is 14.6. The fourth-order valence-electron chi connectivity index (χ4n) is 1.73. The molecule has 1 aromatic carbocycles. The van der Waals surface area contributed by atoms with Crippen LogP contribution < -0.4 is 11.5 Å². The van der Waals surface area contributed by atoms with Crippen LogP contribution in [-0.4, -0.2) is 0 Å². The predicted molar refractivity (Wildman–Crippen MR) is 62.2 cm³/mol. The van der Waals surface area contributed by atoms with E-state index in [1.807, 2.05) is 13.0 Å². The first-order valence-corrected chi connectivity index (χ1v) is 5.18. The quantitative estimate of drug-likeness (QED) is 0.723. The van der Waals surface area contributed by atoms with Gasteiger partial charge in [-0.05, 0) is 43.0 Å². The number of rotatable bonds is 3. The summed E-state index contributed by atoms with van der Waals surface area (Å²) < 4.78 is 0. The highest BCUT2D eigenvalue weighted by Gasteiger charge is 2.09. The van der Waals surface area contributed by atoms with Crippen LogP contribution in [0.15, 0.2) is 12.1 Å². The van der Waals surface area contributed by atoms with Crippen LogP contribution in [0.4, 0.5) is 5.69 Å². The third-order valence-electron chi connectivity index (χ3n) is 2.65. The first kappa shape index (κ1) is 11.1. The second-order valence-electron chi connectivity index (χ2n) is 3.96. The molecule has 0 amide bonds. The molecule has 1 unspecified atom stereocenters. The normalized spacial score (nSPS) is 12.9. The van der Waals surface area contributed by atoms with E-state index in [-0.39, 0.29) is 6.04 Å². The Morgan fingerprint density at radius 1 is 1.21 bits per heavy atom. The molecule has 4 N–H and O–H groups in total. The zero-order chi connectivity index (χ0) is 10.7. The van der Waals surface area contributed by atoms with E-state index in [1.165, 1.54) is 11.1 Å². The van der Waals surface area contributed by atoms with Gasteiger partial charge in [0.05, 0.1) is 0 Å². The van der Waals surface area contributed by atoms with Gasteiger partial charge in [-0.15, -0.1) is 0 Å². The molecule has 0 aromatic heterocycles. The number of hydrogen-bond acceptors (Lipinski definition) is 2. The summed E-state index contributed by atoms with van der Waals surface area (Å²) in [5.74, 6) is 0. The maximum Gasteiger partial charge on any atom is 0.0346 e. The Labute approximate surface area is 86.3 Å². The van der Waals surface area contributed by atoms with Gasteiger partial charge in [0, 0.05) is 11.7 Å². The van der Waals surface area contributed by atoms with Crippen LogP contribution in [0, 0.1) is 13.8 Å². The highest BCUT2D eigenvalue weighted by Crippen LogP contribution is 2.24. The molecule has 0 saturated carbocycles. The lowest BCUT2D eigenvalue weighted by Crippen LogP contribution is -2.12. The van der Waals surface area contributed by atoms with Gasteiger partial charge in [-0.2, -0.15) is 0 Å². The Kier molecular flexibility index (Phi) is 3.53. The summed E-state index contributed by atoms with van der Waals surface area (Å²) in [5.41, 5.74) is 16.3. The molecule has 0 bridgehead atoms. The Morgan fingerprint density at radius 3 is 2.43 bits per heavy atom. The molecule has 2 nitrogen and oxygen atoms in total. The second kappa shape index (κ2) is 4.47. The van der Waals surface area contributed by atoms with Gasteiger partial charge in [-0.1, -0.05) is 19.4 Å². The van der Waals surface area contributed by atoms with E-state index < -0.39 is 0 Å². The lowest BCUT2D eigenvalue weighted by Gasteiger charge is -2.15. The minimum Gasteiger partial charge on any atom is -0.399 e. The molecule has 0 radical (unpaired) electrons. The molecule has 0 saturated heterocycles. The molecule has 0 aliphatic carbocycles. The molecule has 0 aliphatic rings. The van der Waals surface area contributed by atoms with E-state index in [4.69, 9.17) is 11.5 Å². The summed E-state index contributed by atoms with van der Waals surface area (Å²) >= 11 is 0. The lowest BCUT2D eigenvalue weighted by atomic mass is 9.96. The van der Waals surface area contributed by atoms with Crippen molar-refractivity contribution in [2.75, 3.05) is 5.73 Å². The predicted octanol–water partition coefficient (Wildman–Crippen LogP) is 2.69. The van der Waals surface area contributed by atoms with Crippen molar-refractivity contribution in [3.8, 4) is 0 Å². The molecular weight excluding hydrogens is 172 g/mol. The van der Waals surface area contributed by atoms with Gasteiger partial charge in [-0.3, -0.25) is 0 Å². The van der Waals surface area contributed by atoms with Gasteiger partial charge in [0.25, 0.3) is 0 Å². The zero-order valence-electron chi connectivity index (χ0n) is 9.30. The van der Waals surface area contributed by atoms with Crippen LogP contribution in [0.5, 0.6) is 0 Å². The van der Waals surface area contributed by atoms with Crippen molar-refractivity contribution in [2.45, 2.75) is 39.7 Å². The van der Waals surface area contributed by atoms with Crippen LogP contribution >= 0.6 is 0 Å². The van der Waals surface area contributed by atoms with E-state index in [9.17, 15) is 0 Å². The molecule has 0 aliphatic heterocycles. The standard InChI is InChI=1S/C12H20N2/c1-4-5-11(13)10-6-9(3)12(14)7-8(10)2/h6-7,11H,4-5,13-14H2,1-3H3. The van der Waals surface area contributed by atoms with E-state index in [2.05, 4.69) is 19.9 Å². The van der Waals surface area contributed by atoms with E-state index >= 15 is 0 Å². The molecule has 1 aromatic rings. The summed E-state index contributed by atoms with van der Waals surface area (Å²) in [7, 11) is 0. The zero-order valence-corrected chi connectivity index (χ0v) is 9.30. The fourth-order valence-corrected chi connectivity index (χ4v) is 1.73. The van der Waals surface area contributed by atoms with Crippen molar-refractivity contribution in [2.24, 2.45) is 5.73 Å². The van der Waals surface area contributed by atoms with Gasteiger partial charge in [-0.25, -0.2) is 0 Å². The van der Waals surface area contributed by atoms with Crippen molar-refractivity contribution in [1.82, 2.24) is 0 Å². The van der Waals surface area contributed by atoms with Crippen LogP contribution in [0.2, 0.25) is 0 Å². The van der Waals surface area contributed by atoms with Crippen LogP contribution in [-0.2, 0) is 0 Å². The average molecular weight is 192 g/mol. The second-order valence-corrected chi connectivity index (χ2v) is 3.96. The summed E-state index contributed by atoms with van der Waals surface area (Å²) in [6.07, 6.45) is 2.15. The third kappa shape index (κ3) is 2.26. The summed E-state index contributed by atoms with van der Waals surface area (Å²) in [5, 5.41) is 0. The SMILES string of the molecule is CCCC(N)c1cc(C)c(N)cc1C. The monoisotopic (exact) mass is 192 g/mol. The number of benzene rings is 1. The maximum absolute atomic E-state index is 6.08. The number of aryl methyl sites for hydroxylation is 2. The van der Waals surface area contributed by atoms with Gasteiger partial charge in [0.2, 0.25) is 0 Å². The van der Waals surface area contributed by atoms with Crippen molar-refractivity contribution < 1.29 is 0 Å².